The molecule has 46 valence electrons. The molecule has 0 bridgehead atoms. The van der Waals surface area contributed by atoms with Gasteiger partial charge in [-0.15, -0.1) is 17.0 Å². The summed E-state index contributed by atoms with van der Waals surface area (Å²) in [6, 6.07) is 0. The van der Waals surface area contributed by atoms with Crippen molar-refractivity contribution in [2.24, 2.45) is 4.99 Å². The summed E-state index contributed by atoms with van der Waals surface area (Å²) >= 11 is 0. The van der Waals surface area contributed by atoms with Gasteiger partial charge in [-0.3, -0.25) is 4.90 Å². The van der Waals surface area contributed by atoms with E-state index in [4.69, 9.17) is 0 Å². The van der Waals surface area contributed by atoms with Gasteiger partial charge in [-0.25, -0.2) is 4.99 Å². The maximum atomic E-state index is 3.89. The van der Waals surface area contributed by atoms with Crippen LogP contribution in [0.1, 0.15) is 6.92 Å². The van der Waals surface area contributed by atoms with E-state index in [1.807, 2.05) is 18.7 Å². The van der Waals surface area contributed by atoms with Crippen LogP contribution in [0, 0.1) is 0 Å². The van der Waals surface area contributed by atoms with Crippen LogP contribution in [0.15, 0.2) is 17.4 Å². The van der Waals surface area contributed by atoms with Gasteiger partial charge in [0.15, 0.2) is 6.34 Å². The summed E-state index contributed by atoms with van der Waals surface area (Å²) in [5.41, 5.74) is 0. The van der Waals surface area contributed by atoms with Gasteiger partial charge in [-0.1, -0.05) is 0 Å². The lowest BCUT2D eigenvalue weighted by Gasteiger charge is -1.95. The van der Waals surface area contributed by atoms with Gasteiger partial charge in [0.2, 0.25) is 0 Å². The fourth-order valence-electron chi connectivity index (χ4n) is 0.530. The van der Waals surface area contributed by atoms with E-state index in [2.05, 4.69) is 11.9 Å². The highest BCUT2D eigenvalue weighted by Gasteiger charge is 1.97. The van der Waals surface area contributed by atoms with Crippen LogP contribution in [0.5, 0.6) is 0 Å². The highest BCUT2D eigenvalue weighted by Crippen LogP contribution is 1.68. The van der Waals surface area contributed by atoms with Gasteiger partial charge in [0.1, 0.15) is 6.20 Å². The second-order valence-electron chi connectivity index (χ2n) is 1.52. The van der Waals surface area contributed by atoms with Crippen LogP contribution in [0.3, 0.4) is 0 Å². The summed E-state index contributed by atoms with van der Waals surface area (Å²) in [7, 11) is 0. The first-order valence-electron chi connectivity index (χ1n) is 2.49. The summed E-state index contributed by atoms with van der Waals surface area (Å²) in [5.74, 6) is 0. The van der Waals surface area contributed by atoms with E-state index in [0.29, 0.717) is 0 Å². The number of halogens is 1. The van der Waals surface area contributed by atoms with Gasteiger partial charge in [0.25, 0.3) is 0 Å². The molecule has 1 aliphatic rings. The Balaban J connectivity index is 0.000000490. The zero-order valence-corrected chi connectivity index (χ0v) is 6.51. The third-order valence-electron chi connectivity index (χ3n) is 1.02. The van der Waals surface area contributed by atoms with Crippen molar-refractivity contribution in [3.63, 3.8) is 0 Å². The number of nitrogens with one attached hydrogen (secondary N) is 1. The smallest absolute Gasteiger partial charge is 0.193 e. The summed E-state index contributed by atoms with van der Waals surface area (Å²) in [6.07, 6.45) is 5.73. The molecule has 2 nitrogen and oxygen atoms in total. The molecule has 0 aliphatic carbocycles. The van der Waals surface area contributed by atoms with E-state index in [1.54, 1.807) is 0 Å². The summed E-state index contributed by atoms with van der Waals surface area (Å²) in [5, 5.41) is 0. The summed E-state index contributed by atoms with van der Waals surface area (Å²) in [6.45, 7) is 3.22. The highest BCUT2D eigenvalue weighted by atomic mass is 79.9. The first-order chi connectivity index (χ1) is 3.43. The van der Waals surface area contributed by atoms with Crippen molar-refractivity contribution in [2.75, 3.05) is 6.54 Å². The minimum atomic E-state index is 0. The number of rotatable bonds is 1. The molecule has 0 saturated carbocycles. The van der Waals surface area contributed by atoms with Crippen molar-refractivity contribution in [3.05, 3.63) is 12.4 Å². The SMILES string of the molecule is Br.CC[NH+]1C=CN=C1. The number of quaternary nitrogens is 1. The second-order valence-corrected chi connectivity index (χ2v) is 1.52. The van der Waals surface area contributed by atoms with E-state index in [9.17, 15) is 0 Å². The minimum absolute atomic E-state index is 0. The summed E-state index contributed by atoms with van der Waals surface area (Å²) in [4.78, 5) is 5.21. The van der Waals surface area contributed by atoms with Crippen LogP contribution in [0.25, 0.3) is 0 Å². The zero-order chi connectivity index (χ0) is 5.11. The predicted octanol–water partition coefficient (Wildman–Crippen LogP) is -0.0178. The summed E-state index contributed by atoms with van der Waals surface area (Å²) < 4.78 is 0. The van der Waals surface area contributed by atoms with E-state index >= 15 is 0 Å². The Morgan fingerprint density at radius 3 is 2.62 bits per heavy atom. The fourth-order valence-corrected chi connectivity index (χ4v) is 0.530. The van der Waals surface area contributed by atoms with E-state index in [1.165, 1.54) is 4.90 Å². The molecular weight excluding hydrogens is 168 g/mol. The Labute approximate surface area is 59.7 Å². The van der Waals surface area contributed by atoms with Crippen LogP contribution in [0.2, 0.25) is 0 Å². The average molecular weight is 178 g/mol. The first-order valence-corrected chi connectivity index (χ1v) is 2.49. The Morgan fingerprint density at radius 1 is 1.62 bits per heavy atom. The van der Waals surface area contributed by atoms with Gasteiger partial charge in [0.05, 0.1) is 12.7 Å². The number of hydrogen-bond acceptors (Lipinski definition) is 1. The zero-order valence-electron chi connectivity index (χ0n) is 4.79. The molecule has 1 rings (SSSR count). The molecule has 8 heavy (non-hydrogen) atoms. The molecule has 1 atom stereocenters. The topological polar surface area (TPSA) is 16.8 Å². The predicted molar refractivity (Wildman–Crippen MR) is 39.5 cm³/mol. The molecule has 1 heterocycles. The molecule has 0 aromatic heterocycles. The Hall–Kier alpha value is -0.150. The Bertz CT molecular complexity index is 97.0. The van der Waals surface area contributed by atoms with Crippen molar-refractivity contribution >= 4 is 23.3 Å². The molecule has 0 saturated heterocycles. The number of nitrogens with zero attached hydrogens (tertiary/aromatic N) is 1. The van der Waals surface area contributed by atoms with Crippen LogP contribution in [-0.4, -0.2) is 12.9 Å². The monoisotopic (exact) mass is 177 g/mol. The molecule has 1 N–H and O–H groups in total. The van der Waals surface area contributed by atoms with Crippen LogP contribution in [0.4, 0.5) is 0 Å². The maximum Gasteiger partial charge on any atom is 0.193 e. The molecular formula is C5H10BrN2+. The standard InChI is InChI=1S/C5H8N2.BrH/c1-2-7-4-3-6-5-7;/h3-5H,2H2,1H3;1H/p+1. The van der Waals surface area contributed by atoms with Gasteiger partial charge in [0, 0.05) is 0 Å². The molecule has 0 radical (unpaired) electrons. The molecule has 1 aliphatic heterocycles. The van der Waals surface area contributed by atoms with E-state index < -0.39 is 0 Å². The molecule has 0 aromatic carbocycles. The average Bonchev–Trinajstić information content (AvgIpc) is 2.14. The molecule has 0 aromatic rings. The Kier molecular flexibility index (Phi) is 3.73. The second kappa shape index (κ2) is 3.80. The van der Waals surface area contributed by atoms with Gasteiger partial charge in [-0.2, -0.15) is 0 Å². The maximum absolute atomic E-state index is 3.89. The number of hydrogen-bond donors (Lipinski definition) is 1. The van der Waals surface area contributed by atoms with Gasteiger partial charge < -0.3 is 0 Å². The highest BCUT2D eigenvalue weighted by molar-refractivity contribution is 8.93. The lowest BCUT2D eigenvalue weighted by Crippen LogP contribution is -3.05. The first kappa shape index (κ1) is 7.85. The molecule has 1 unspecified atom stereocenters. The third kappa shape index (κ3) is 1.76. The quantitative estimate of drug-likeness (QED) is 0.581. The molecule has 0 spiro atoms. The van der Waals surface area contributed by atoms with E-state index in [0.717, 1.165) is 6.54 Å². The van der Waals surface area contributed by atoms with Crippen LogP contribution in [-0.2, 0) is 0 Å². The number of aliphatic imine (C=N–C) groups is 1. The molecule has 3 heteroatoms. The van der Waals surface area contributed by atoms with Gasteiger partial charge >= 0.3 is 0 Å². The van der Waals surface area contributed by atoms with E-state index in [-0.39, 0.29) is 17.0 Å². The van der Waals surface area contributed by atoms with Gasteiger partial charge in [-0.05, 0) is 6.92 Å². The fraction of sp³-hybridized carbons (Fsp3) is 0.400. The lowest BCUT2D eigenvalue weighted by molar-refractivity contribution is -0.733. The normalized spacial score (nSPS) is 23.4. The van der Waals surface area contributed by atoms with Crippen molar-refractivity contribution in [1.82, 2.24) is 0 Å². The minimum Gasteiger partial charge on any atom is -0.265 e. The third-order valence-corrected chi connectivity index (χ3v) is 1.02. The molecule has 0 amide bonds. The van der Waals surface area contributed by atoms with Crippen LogP contribution < -0.4 is 4.90 Å². The lowest BCUT2D eigenvalue weighted by atomic mass is 10.7. The van der Waals surface area contributed by atoms with Crippen molar-refractivity contribution < 1.29 is 4.90 Å². The van der Waals surface area contributed by atoms with Crippen molar-refractivity contribution in [2.45, 2.75) is 6.92 Å². The molecule has 0 fully saturated rings. The Morgan fingerprint density at radius 2 is 2.38 bits per heavy atom. The van der Waals surface area contributed by atoms with Crippen molar-refractivity contribution in [3.8, 4) is 0 Å². The van der Waals surface area contributed by atoms with Crippen LogP contribution >= 0.6 is 17.0 Å². The largest absolute Gasteiger partial charge is 0.265 e. The van der Waals surface area contributed by atoms with Crippen molar-refractivity contribution in [1.29, 1.82) is 0 Å².